The van der Waals surface area contributed by atoms with Crippen molar-refractivity contribution in [2.24, 2.45) is 0 Å². The number of fused-ring (bicyclic) bond motifs is 1. The maximum absolute atomic E-state index is 5.32. The van der Waals surface area contributed by atoms with Crippen LogP contribution in [0.2, 0.25) is 0 Å². The molecule has 0 spiro atoms. The molecule has 3 nitrogen and oxygen atoms in total. The number of ether oxygens (including phenoxy) is 2. The van der Waals surface area contributed by atoms with E-state index in [2.05, 4.69) is 19.2 Å². The van der Waals surface area contributed by atoms with E-state index in [9.17, 15) is 0 Å². The highest BCUT2D eigenvalue weighted by Gasteiger charge is 2.13. The van der Waals surface area contributed by atoms with Crippen molar-refractivity contribution in [3.05, 3.63) is 18.2 Å². The van der Waals surface area contributed by atoms with Crippen LogP contribution in [0.25, 0.3) is 0 Å². The molecule has 0 aromatic heterocycles. The minimum Gasteiger partial charge on any atom is -0.454 e. The van der Waals surface area contributed by atoms with Crippen molar-refractivity contribution in [1.82, 2.24) is 0 Å². The first-order valence-electron chi connectivity index (χ1n) is 5.46. The fourth-order valence-electron chi connectivity index (χ4n) is 1.78. The SMILES string of the molecule is CCC[C@@H](C)Nc1ccc2c(c1)OCO2. The molecule has 1 aromatic rings. The van der Waals surface area contributed by atoms with Gasteiger partial charge >= 0.3 is 0 Å². The summed E-state index contributed by atoms with van der Waals surface area (Å²) >= 11 is 0. The summed E-state index contributed by atoms with van der Waals surface area (Å²) in [5, 5.41) is 3.44. The second kappa shape index (κ2) is 4.43. The van der Waals surface area contributed by atoms with Gasteiger partial charge in [-0.3, -0.25) is 0 Å². The van der Waals surface area contributed by atoms with Crippen LogP contribution in [0.4, 0.5) is 5.69 Å². The van der Waals surface area contributed by atoms with E-state index in [1.807, 2.05) is 18.2 Å². The zero-order valence-electron chi connectivity index (χ0n) is 9.25. The molecule has 3 heteroatoms. The standard InChI is InChI=1S/C12H17NO2/c1-3-4-9(2)13-10-5-6-11-12(7-10)15-8-14-11/h5-7,9,13H,3-4,8H2,1-2H3/t9-/m1/s1. The van der Waals surface area contributed by atoms with E-state index in [-0.39, 0.29) is 0 Å². The van der Waals surface area contributed by atoms with Crippen molar-refractivity contribution in [2.45, 2.75) is 32.7 Å². The van der Waals surface area contributed by atoms with Gasteiger partial charge in [0, 0.05) is 17.8 Å². The minimum absolute atomic E-state index is 0.337. The molecule has 0 amide bonds. The molecule has 82 valence electrons. The molecular weight excluding hydrogens is 190 g/mol. The molecular formula is C12H17NO2. The zero-order valence-corrected chi connectivity index (χ0v) is 9.25. The first-order valence-corrected chi connectivity index (χ1v) is 5.46. The van der Waals surface area contributed by atoms with Crippen LogP contribution in [0.3, 0.4) is 0 Å². The van der Waals surface area contributed by atoms with E-state index in [0.29, 0.717) is 12.8 Å². The largest absolute Gasteiger partial charge is 0.454 e. The van der Waals surface area contributed by atoms with Gasteiger partial charge in [-0.25, -0.2) is 0 Å². The van der Waals surface area contributed by atoms with Crippen LogP contribution in [0, 0.1) is 0 Å². The molecule has 0 saturated heterocycles. The van der Waals surface area contributed by atoms with Gasteiger partial charge in [-0.1, -0.05) is 13.3 Å². The lowest BCUT2D eigenvalue weighted by Gasteiger charge is -2.14. The molecule has 1 heterocycles. The van der Waals surface area contributed by atoms with Crippen LogP contribution < -0.4 is 14.8 Å². The summed E-state index contributed by atoms with van der Waals surface area (Å²) in [7, 11) is 0. The number of anilines is 1. The van der Waals surface area contributed by atoms with E-state index < -0.39 is 0 Å². The Morgan fingerprint density at radius 1 is 1.33 bits per heavy atom. The highest BCUT2D eigenvalue weighted by molar-refractivity contribution is 5.55. The number of rotatable bonds is 4. The smallest absolute Gasteiger partial charge is 0.231 e. The van der Waals surface area contributed by atoms with Gasteiger partial charge in [0.2, 0.25) is 6.79 Å². The van der Waals surface area contributed by atoms with E-state index in [4.69, 9.17) is 9.47 Å². The summed E-state index contributed by atoms with van der Waals surface area (Å²) in [5.41, 5.74) is 1.10. The van der Waals surface area contributed by atoms with Crippen LogP contribution in [0.5, 0.6) is 11.5 Å². The Kier molecular flexibility index (Phi) is 2.99. The predicted octanol–water partition coefficient (Wildman–Crippen LogP) is 3.02. The minimum atomic E-state index is 0.337. The molecule has 1 aromatic carbocycles. The van der Waals surface area contributed by atoms with E-state index in [0.717, 1.165) is 17.2 Å². The third-order valence-corrected chi connectivity index (χ3v) is 2.51. The van der Waals surface area contributed by atoms with E-state index in [1.165, 1.54) is 12.8 Å². The third-order valence-electron chi connectivity index (χ3n) is 2.51. The Balaban J connectivity index is 2.03. The number of benzene rings is 1. The fraction of sp³-hybridized carbons (Fsp3) is 0.500. The third kappa shape index (κ3) is 2.35. The Labute approximate surface area is 90.4 Å². The summed E-state index contributed by atoms with van der Waals surface area (Å²) in [4.78, 5) is 0. The van der Waals surface area contributed by atoms with E-state index in [1.54, 1.807) is 0 Å². The molecule has 1 aliphatic heterocycles. The van der Waals surface area contributed by atoms with Crippen LogP contribution in [0.15, 0.2) is 18.2 Å². The van der Waals surface area contributed by atoms with Gasteiger partial charge in [0.25, 0.3) is 0 Å². The molecule has 0 aliphatic carbocycles. The summed E-state index contributed by atoms with van der Waals surface area (Å²) in [6.07, 6.45) is 2.37. The second-order valence-corrected chi connectivity index (χ2v) is 3.90. The summed E-state index contributed by atoms with van der Waals surface area (Å²) < 4.78 is 10.6. The van der Waals surface area contributed by atoms with Gasteiger partial charge in [-0.2, -0.15) is 0 Å². The topological polar surface area (TPSA) is 30.5 Å². The van der Waals surface area contributed by atoms with Gasteiger partial charge in [-0.15, -0.1) is 0 Å². The van der Waals surface area contributed by atoms with Crippen molar-refractivity contribution < 1.29 is 9.47 Å². The Morgan fingerprint density at radius 2 is 2.13 bits per heavy atom. The molecule has 1 atom stereocenters. The second-order valence-electron chi connectivity index (χ2n) is 3.90. The van der Waals surface area contributed by atoms with Gasteiger partial charge in [-0.05, 0) is 25.5 Å². The van der Waals surface area contributed by atoms with Crippen molar-refractivity contribution in [2.75, 3.05) is 12.1 Å². The normalized spacial score (nSPS) is 15.1. The van der Waals surface area contributed by atoms with Gasteiger partial charge in [0.05, 0.1) is 0 Å². The predicted molar refractivity (Wildman–Crippen MR) is 60.6 cm³/mol. The van der Waals surface area contributed by atoms with Gasteiger partial charge < -0.3 is 14.8 Å². The average molecular weight is 207 g/mol. The summed E-state index contributed by atoms with van der Waals surface area (Å²) in [6, 6.07) is 6.47. The molecule has 0 radical (unpaired) electrons. The number of hydrogen-bond donors (Lipinski definition) is 1. The lowest BCUT2D eigenvalue weighted by atomic mass is 10.2. The number of hydrogen-bond acceptors (Lipinski definition) is 3. The Bertz CT molecular complexity index is 338. The first kappa shape index (κ1) is 10.1. The monoisotopic (exact) mass is 207 g/mol. The zero-order chi connectivity index (χ0) is 10.7. The van der Waals surface area contributed by atoms with Gasteiger partial charge in [0.1, 0.15) is 0 Å². The maximum Gasteiger partial charge on any atom is 0.231 e. The van der Waals surface area contributed by atoms with Crippen molar-refractivity contribution >= 4 is 5.69 Å². The van der Waals surface area contributed by atoms with Crippen molar-refractivity contribution in [3.8, 4) is 11.5 Å². The molecule has 0 bridgehead atoms. The van der Waals surface area contributed by atoms with Crippen molar-refractivity contribution in [3.63, 3.8) is 0 Å². The van der Waals surface area contributed by atoms with Crippen molar-refractivity contribution in [1.29, 1.82) is 0 Å². The van der Waals surface area contributed by atoms with Gasteiger partial charge in [0.15, 0.2) is 11.5 Å². The molecule has 1 aliphatic rings. The molecule has 2 rings (SSSR count). The number of nitrogens with one attached hydrogen (secondary N) is 1. The molecule has 0 unspecified atom stereocenters. The van der Waals surface area contributed by atoms with Crippen LogP contribution >= 0.6 is 0 Å². The fourth-order valence-corrected chi connectivity index (χ4v) is 1.78. The Hall–Kier alpha value is -1.38. The molecule has 0 saturated carbocycles. The maximum atomic E-state index is 5.32. The quantitative estimate of drug-likeness (QED) is 0.823. The van der Waals surface area contributed by atoms with E-state index >= 15 is 0 Å². The first-order chi connectivity index (χ1) is 7.29. The molecule has 1 N–H and O–H groups in total. The Morgan fingerprint density at radius 3 is 2.93 bits per heavy atom. The molecule has 0 fully saturated rings. The van der Waals surface area contributed by atoms with Crippen LogP contribution in [-0.4, -0.2) is 12.8 Å². The lowest BCUT2D eigenvalue weighted by Crippen LogP contribution is -2.14. The summed E-state index contributed by atoms with van der Waals surface area (Å²) in [5.74, 6) is 1.67. The van der Waals surface area contributed by atoms with Crippen LogP contribution in [0.1, 0.15) is 26.7 Å². The highest BCUT2D eigenvalue weighted by atomic mass is 16.7. The van der Waals surface area contributed by atoms with Crippen LogP contribution in [-0.2, 0) is 0 Å². The summed E-state index contributed by atoms with van der Waals surface area (Å²) in [6.45, 7) is 4.72. The highest BCUT2D eigenvalue weighted by Crippen LogP contribution is 2.34. The lowest BCUT2D eigenvalue weighted by molar-refractivity contribution is 0.174. The average Bonchev–Trinajstić information content (AvgIpc) is 2.65. The molecule has 15 heavy (non-hydrogen) atoms.